The highest BCUT2D eigenvalue weighted by atomic mass is 16.2. The standard InChI is InChI=1S/C12H14N2O/c1-4-11-9-7-5-6-8-10(9)12(15)14(11)13(2)3/h4-8H,1-3H3/b11-4+. The minimum absolute atomic E-state index is 0.0451. The molecule has 0 saturated heterocycles. The fourth-order valence-corrected chi connectivity index (χ4v) is 1.91. The minimum atomic E-state index is 0.0451. The Morgan fingerprint density at radius 2 is 1.80 bits per heavy atom. The highest BCUT2D eigenvalue weighted by molar-refractivity contribution is 6.08. The zero-order valence-corrected chi connectivity index (χ0v) is 9.19. The molecular formula is C12H14N2O. The molecule has 1 aromatic carbocycles. The molecule has 0 radical (unpaired) electrons. The number of carbonyl (C=O) groups is 1. The van der Waals surface area contributed by atoms with Crippen molar-refractivity contribution in [2.75, 3.05) is 14.1 Å². The lowest BCUT2D eigenvalue weighted by molar-refractivity contribution is 0.0520. The summed E-state index contributed by atoms with van der Waals surface area (Å²) in [5.74, 6) is 0.0451. The van der Waals surface area contributed by atoms with Crippen molar-refractivity contribution in [1.82, 2.24) is 10.0 Å². The molecule has 1 aliphatic rings. The summed E-state index contributed by atoms with van der Waals surface area (Å²) in [4.78, 5) is 12.1. The van der Waals surface area contributed by atoms with Crippen LogP contribution in [0.4, 0.5) is 0 Å². The van der Waals surface area contributed by atoms with Gasteiger partial charge in [-0.1, -0.05) is 24.3 Å². The molecule has 0 fully saturated rings. The quantitative estimate of drug-likeness (QED) is 0.695. The Labute approximate surface area is 89.6 Å². The second kappa shape index (κ2) is 3.51. The van der Waals surface area contributed by atoms with Gasteiger partial charge in [-0.15, -0.1) is 0 Å². The summed E-state index contributed by atoms with van der Waals surface area (Å²) >= 11 is 0. The van der Waals surface area contributed by atoms with Crippen LogP contribution in [0.3, 0.4) is 0 Å². The molecule has 0 spiro atoms. The first kappa shape index (κ1) is 9.93. The van der Waals surface area contributed by atoms with Crippen LogP contribution in [0.15, 0.2) is 30.3 Å². The molecule has 3 nitrogen and oxygen atoms in total. The summed E-state index contributed by atoms with van der Waals surface area (Å²) in [5.41, 5.74) is 2.75. The van der Waals surface area contributed by atoms with Crippen LogP contribution in [0.5, 0.6) is 0 Å². The van der Waals surface area contributed by atoms with Gasteiger partial charge in [-0.25, -0.2) is 10.0 Å². The number of amides is 1. The van der Waals surface area contributed by atoms with Gasteiger partial charge in [-0.05, 0) is 13.0 Å². The van der Waals surface area contributed by atoms with Gasteiger partial charge < -0.3 is 0 Å². The largest absolute Gasteiger partial charge is 0.273 e. The number of hydrogen-bond donors (Lipinski definition) is 0. The van der Waals surface area contributed by atoms with Gasteiger partial charge in [-0.2, -0.15) is 0 Å². The van der Waals surface area contributed by atoms with Gasteiger partial charge >= 0.3 is 0 Å². The molecule has 1 aromatic rings. The summed E-state index contributed by atoms with van der Waals surface area (Å²) < 4.78 is 0. The second-order valence-corrected chi connectivity index (χ2v) is 3.68. The number of rotatable bonds is 1. The molecule has 0 bridgehead atoms. The number of hydrazine groups is 1. The molecule has 2 rings (SSSR count). The monoisotopic (exact) mass is 202 g/mol. The van der Waals surface area contributed by atoms with Crippen LogP contribution in [0.2, 0.25) is 0 Å². The van der Waals surface area contributed by atoms with E-state index in [2.05, 4.69) is 0 Å². The predicted octanol–water partition coefficient (Wildman–Crippen LogP) is 1.98. The molecule has 0 aliphatic carbocycles. The Morgan fingerprint density at radius 1 is 1.20 bits per heavy atom. The van der Waals surface area contributed by atoms with E-state index in [-0.39, 0.29) is 5.91 Å². The van der Waals surface area contributed by atoms with E-state index in [0.717, 1.165) is 16.8 Å². The van der Waals surface area contributed by atoms with Gasteiger partial charge in [0.25, 0.3) is 5.91 Å². The Morgan fingerprint density at radius 3 is 2.33 bits per heavy atom. The lowest BCUT2D eigenvalue weighted by Crippen LogP contribution is -2.36. The normalized spacial score (nSPS) is 17.7. The number of benzene rings is 1. The summed E-state index contributed by atoms with van der Waals surface area (Å²) in [7, 11) is 3.74. The molecule has 3 heteroatoms. The number of fused-ring (bicyclic) bond motifs is 1. The first-order chi connectivity index (χ1) is 7.16. The zero-order chi connectivity index (χ0) is 11.0. The summed E-state index contributed by atoms with van der Waals surface area (Å²) in [5, 5.41) is 3.49. The van der Waals surface area contributed by atoms with Crippen molar-refractivity contribution in [3.63, 3.8) is 0 Å². The van der Waals surface area contributed by atoms with E-state index in [1.807, 2.05) is 51.4 Å². The Balaban J connectivity index is 2.59. The molecule has 0 saturated carbocycles. The van der Waals surface area contributed by atoms with Gasteiger partial charge in [0.1, 0.15) is 0 Å². The lowest BCUT2D eigenvalue weighted by Gasteiger charge is -2.25. The fourth-order valence-electron chi connectivity index (χ4n) is 1.91. The van der Waals surface area contributed by atoms with Crippen LogP contribution in [0.25, 0.3) is 5.70 Å². The molecule has 0 N–H and O–H groups in total. The minimum Gasteiger partial charge on any atom is -0.267 e. The Kier molecular flexibility index (Phi) is 2.32. The number of carbonyl (C=O) groups excluding carboxylic acids is 1. The molecule has 0 aromatic heterocycles. The van der Waals surface area contributed by atoms with Gasteiger partial charge in [-0.3, -0.25) is 4.79 Å². The van der Waals surface area contributed by atoms with Gasteiger partial charge in [0, 0.05) is 19.7 Å². The van der Waals surface area contributed by atoms with E-state index in [4.69, 9.17) is 0 Å². The molecule has 1 amide bonds. The molecule has 1 heterocycles. The number of allylic oxidation sites excluding steroid dienone is 1. The SMILES string of the molecule is C/C=C1\c2ccccc2C(=O)N1N(C)C. The highest BCUT2D eigenvalue weighted by Crippen LogP contribution is 2.32. The van der Waals surface area contributed by atoms with Gasteiger partial charge in [0.05, 0.1) is 11.3 Å². The van der Waals surface area contributed by atoms with E-state index in [9.17, 15) is 4.79 Å². The summed E-state index contributed by atoms with van der Waals surface area (Å²) in [6, 6.07) is 7.69. The number of hydrogen-bond acceptors (Lipinski definition) is 2. The Bertz CT molecular complexity index is 435. The van der Waals surface area contributed by atoms with Crippen molar-refractivity contribution >= 4 is 11.6 Å². The fraction of sp³-hybridized carbons (Fsp3) is 0.250. The van der Waals surface area contributed by atoms with Crippen LogP contribution in [0.1, 0.15) is 22.8 Å². The smallest absolute Gasteiger partial charge is 0.267 e. The van der Waals surface area contributed by atoms with Crippen LogP contribution >= 0.6 is 0 Å². The lowest BCUT2D eigenvalue weighted by atomic mass is 10.1. The highest BCUT2D eigenvalue weighted by Gasteiger charge is 2.32. The molecular weight excluding hydrogens is 188 g/mol. The van der Waals surface area contributed by atoms with Crippen molar-refractivity contribution in [3.8, 4) is 0 Å². The third-order valence-electron chi connectivity index (χ3n) is 2.53. The van der Waals surface area contributed by atoms with E-state index >= 15 is 0 Å². The third-order valence-corrected chi connectivity index (χ3v) is 2.53. The van der Waals surface area contributed by atoms with E-state index in [1.165, 1.54) is 0 Å². The molecule has 0 unspecified atom stereocenters. The van der Waals surface area contributed by atoms with E-state index < -0.39 is 0 Å². The average molecular weight is 202 g/mol. The third kappa shape index (κ3) is 1.36. The van der Waals surface area contributed by atoms with Gasteiger partial charge in [0.15, 0.2) is 0 Å². The van der Waals surface area contributed by atoms with Crippen LogP contribution in [-0.4, -0.2) is 30.0 Å². The van der Waals surface area contributed by atoms with Crippen molar-refractivity contribution in [2.45, 2.75) is 6.92 Å². The zero-order valence-electron chi connectivity index (χ0n) is 9.19. The average Bonchev–Trinajstić information content (AvgIpc) is 2.52. The van der Waals surface area contributed by atoms with Crippen molar-refractivity contribution in [1.29, 1.82) is 0 Å². The maximum Gasteiger partial charge on any atom is 0.273 e. The van der Waals surface area contributed by atoms with Crippen LogP contribution in [-0.2, 0) is 0 Å². The topological polar surface area (TPSA) is 23.6 Å². The molecule has 1 aliphatic heterocycles. The second-order valence-electron chi connectivity index (χ2n) is 3.68. The van der Waals surface area contributed by atoms with Crippen molar-refractivity contribution < 1.29 is 4.79 Å². The number of nitrogens with zero attached hydrogens (tertiary/aromatic N) is 2. The van der Waals surface area contributed by atoms with E-state index in [1.54, 1.807) is 10.0 Å². The van der Waals surface area contributed by atoms with Crippen molar-refractivity contribution in [2.24, 2.45) is 0 Å². The molecule has 15 heavy (non-hydrogen) atoms. The van der Waals surface area contributed by atoms with Crippen LogP contribution in [0, 0.1) is 0 Å². The first-order valence-electron chi connectivity index (χ1n) is 4.94. The summed E-state index contributed by atoms with van der Waals surface area (Å²) in [6.45, 7) is 1.95. The van der Waals surface area contributed by atoms with Crippen molar-refractivity contribution in [3.05, 3.63) is 41.5 Å². The van der Waals surface area contributed by atoms with Gasteiger partial charge in [0.2, 0.25) is 0 Å². The predicted molar refractivity (Wildman–Crippen MR) is 59.9 cm³/mol. The van der Waals surface area contributed by atoms with E-state index in [0.29, 0.717) is 0 Å². The molecule has 78 valence electrons. The molecule has 0 atom stereocenters. The first-order valence-corrected chi connectivity index (χ1v) is 4.94. The summed E-state index contributed by atoms with van der Waals surface area (Å²) in [6.07, 6.45) is 1.96. The Hall–Kier alpha value is -1.61. The van der Waals surface area contributed by atoms with Crippen LogP contribution < -0.4 is 0 Å². The maximum atomic E-state index is 12.1. The maximum absolute atomic E-state index is 12.1.